The molecule has 39 heavy (non-hydrogen) atoms. The highest BCUT2D eigenvalue weighted by Crippen LogP contribution is 2.06. The summed E-state index contributed by atoms with van der Waals surface area (Å²) < 4.78 is 0. The van der Waals surface area contributed by atoms with Gasteiger partial charge >= 0.3 is 0 Å². The van der Waals surface area contributed by atoms with Crippen LogP contribution in [0.4, 0.5) is 0 Å². The van der Waals surface area contributed by atoms with Crippen molar-refractivity contribution in [3.05, 3.63) is 35.9 Å². The first-order valence-corrected chi connectivity index (χ1v) is 13.5. The number of unbranched alkanes of at least 4 members (excludes halogenated alkanes) is 3. The highest BCUT2D eigenvalue weighted by Gasteiger charge is 2.25. The van der Waals surface area contributed by atoms with Crippen molar-refractivity contribution in [3.8, 4) is 0 Å². The van der Waals surface area contributed by atoms with Crippen LogP contribution in [0.25, 0.3) is 0 Å². The molecule has 0 unspecified atom stereocenters. The van der Waals surface area contributed by atoms with Crippen molar-refractivity contribution in [1.82, 2.24) is 31.9 Å². The summed E-state index contributed by atoms with van der Waals surface area (Å²) in [5.41, 5.74) is 0.797. The van der Waals surface area contributed by atoms with Crippen molar-refractivity contribution in [2.75, 3.05) is 26.2 Å². The lowest BCUT2D eigenvalue weighted by atomic mass is 10.1. The van der Waals surface area contributed by atoms with Crippen LogP contribution < -0.4 is 31.9 Å². The Morgan fingerprint density at radius 2 is 1.49 bits per heavy atom. The Kier molecular flexibility index (Phi) is 14.1. The molecule has 2 atom stereocenters. The van der Waals surface area contributed by atoms with Crippen molar-refractivity contribution >= 4 is 35.4 Å². The molecule has 214 valence electrons. The van der Waals surface area contributed by atoms with Crippen LogP contribution in [0.2, 0.25) is 0 Å². The van der Waals surface area contributed by atoms with Gasteiger partial charge in [0, 0.05) is 32.4 Å². The van der Waals surface area contributed by atoms with E-state index >= 15 is 0 Å². The topological polar surface area (TPSA) is 175 Å². The third-order valence-corrected chi connectivity index (χ3v) is 6.12. The Balaban J connectivity index is 2.09. The molecule has 1 aromatic carbocycles. The fraction of sp³-hybridized carbons (Fsp3) is 0.556. The summed E-state index contributed by atoms with van der Waals surface area (Å²) >= 11 is 0. The minimum atomic E-state index is -1.01. The first kappa shape index (κ1) is 31.3. The number of nitrogens with one attached hydrogen (secondary N) is 6. The second-order valence-corrected chi connectivity index (χ2v) is 9.41. The number of hydrogen-bond donors (Lipinski definition) is 6. The SMILES string of the molecule is CCCCCCC(=O)N[C@H]1CCC(=O)NCCNC(=O)CNC(=O)[C@@H](Cc2ccccc2)NC(=O)CNC1=O. The molecule has 6 amide bonds. The minimum absolute atomic E-state index is 0.0331. The third kappa shape index (κ3) is 12.9. The van der Waals surface area contributed by atoms with E-state index in [9.17, 15) is 28.8 Å². The normalized spacial score (nSPS) is 20.3. The van der Waals surface area contributed by atoms with Gasteiger partial charge in [-0.2, -0.15) is 0 Å². The van der Waals surface area contributed by atoms with Gasteiger partial charge in [0.05, 0.1) is 13.1 Å². The van der Waals surface area contributed by atoms with Gasteiger partial charge in [-0.1, -0.05) is 56.5 Å². The maximum Gasteiger partial charge on any atom is 0.243 e. The average Bonchev–Trinajstić information content (AvgIpc) is 2.92. The molecule has 1 fully saturated rings. The number of amides is 6. The lowest BCUT2D eigenvalue weighted by Crippen LogP contribution is -2.54. The molecule has 12 heteroatoms. The summed E-state index contributed by atoms with van der Waals surface area (Å²) in [7, 11) is 0. The standard InChI is InChI=1S/C27H40N6O6/c1-2-3-4-8-11-23(35)32-20-12-13-22(34)28-14-15-29-24(36)17-30-27(39)21(16-19-9-6-5-7-10-19)33-25(37)18-31-26(20)38/h5-7,9-10,20-21H,2-4,8,11-18H2,1H3,(H,28,34)(H,29,36)(H,30,39)(H,31,38)(H,32,35)(H,33,37)/t20-,21+/m0/s1. The third-order valence-electron chi connectivity index (χ3n) is 6.12. The number of hydrogen-bond acceptors (Lipinski definition) is 6. The molecule has 12 nitrogen and oxygen atoms in total. The molecule has 0 spiro atoms. The first-order chi connectivity index (χ1) is 18.8. The van der Waals surface area contributed by atoms with Crippen LogP contribution in [-0.4, -0.2) is 73.7 Å². The van der Waals surface area contributed by atoms with Gasteiger partial charge in [0.25, 0.3) is 0 Å². The van der Waals surface area contributed by atoms with E-state index in [1.807, 2.05) is 18.2 Å². The average molecular weight is 545 g/mol. The lowest BCUT2D eigenvalue weighted by molar-refractivity contribution is -0.132. The highest BCUT2D eigenvalue weighted by atomic mass is 16.2. The molecule has 6 N–H and O–H groups in total. The zero-order valence-electron chi connectivity index (χ0n) is 22.5. The molecule has 0 bridgehead atoms. The van der Waals surface area contributed by atoms with E-state index in [0.29, 0.717) is 6.42 Å². The van der Waals surface area contributed by atoms with Gasteiger partial charge in [0.15, 0.2) is 0 Å². The fourth-order valence-electron chi connectivity index (χ4n) is 3.96. The summed E-state index contributed by atoms with van der Waals surface area (Å²) in [5.74, 6) is -2.88. The van der Waals surface area contributed by atoms with Gasteiger partial charge in [-0.25, -0.2) is 0 Å². The zero-order valence-corrected chi connectivity index (χ0v) is 22.5. The largest absolute Gasteiger partial charge is 0.354 e. The van der Waals surface area contributed by atoms with Crippen LogP contribution in [0.1, 0.15) is 57.4 Å². The summed E-state index contributed by atoms with van der Waals surface area (Å²) in [6, 6.07) is 7.06. The van der Waals surface area contributed by atoms with Crippen LogP contribution >= 0.6 is 0 Å². The number of carbonyl (C=O) groups excluding carboxylic acids is 6. The Labute approximate surface area is 228 Å². The molecule has 1 heterocycles. The quantitative estimate of drug-likeness (QED) is 0.239. The van der Waals surface area contributed by atoms with Crippen LogP contribution in [-0.2, 0) is 35.2 Å². The Morgan fingerprint density at radius 3 is 2.21 bits per heavy atom. The summed E-state index contributed by atoms with van der Waals surface area (Å²) in [6.45, 7) is 1.63. The van der Waals surface area contributed by atoms with Crippen LogP contribution in [0.15, 0.2) is 30.3 Å². The number of benzene rings is 1. The van der Waals surface area contributed by atoms with Crippen LogP contribution in [0.3, 0.4) is 0 Å². The molecular formula is C27H40N6O6. The van der Waals surface area contributed by atoms with Crippen molar-refractivity contribution < 1.29 is 28.8 Å². The Morgan fingerprint density at radius 1 is 0.821 bits per heavy atom. The molecule has 2 rings (SSSR count). The molecule has 0 radical (unpaired) electrons. The molecule has 0 saturated carbocycles. The molecular weight excluding hydrogens is 504 g/mol. The zero-order chi connectivity index (χ0) is 28.5. The van der Waals surface area contributed by atoms with Gasteiger partial charge in [0.2, 0.25) is 35.4 Å². The van der Waals surface area contributed by atoms with E-state index in [4.69, 9.17) is 0 Å². The van der Waals surface area contributed by atoms with Crippen LogP contribution in [0, 0.1) is 0 Å². The molecule has 1 aromatic rings. The molecule has 1 saturated heterocycles. The Bertz CT molecular complexity index is 986. The van der Waals surface area contributed by atoms with E-state index in [0.717, 1.165) is 24.8 Å². The number of rotatable bonds is 8. The smallest absolute Gasteiger partial charge is 0.243 e. The number of carbonyl (C=O) groups is 6. The van der Waals surface area contributed by atoms with Gasteiger partial charge in [-0.05, 0) is 18.4 Å². The van der Waals surface area contributed by atoms with Gasteiger partial charge in [-0.3, -0.25) is 28.8 Å². The second kappa shape index (κ2) is 17.5. The molecule has 1 aliphatic rings. The van der Waals surface area contributed by atoms with Crippen molar-refractivity contribution in [2.45, 2.75) is 70.4 Å². The monoisotopic (exact) mass is 544 g/mol. The van der Waals surface area contributed by atoms with Crippen LogP contribution in [0.5, 0.6) is 0 Å². The van der Waals surface area contributed by atoms with Gasteiger partial charge in [-0.15, -0.1) is 0 Å². The minimum Gasteiger partial charge on any atom is -0.354 e. The molecule has 0 aliphatic carbocycles. The predicted octanol–water partition coefficient (Wildman–Crippen LogP) is -0.572. The second-order valence-electron chi connectivity index (χ2n) is 9.41. The Hall–Kier alpha value is -3.96. The van der Waals surface area contributed by atoms with Crippen molar-refractivity contribution in [3.63, 3.8) is 0 Å². The predicted molar refractivity (Wildman–Crippen MR) is 144 cm³/mol. The lowest BCUT2D eigenvalue weighted by Gasteiger charge is -2.21. The van der Waals surface area contributed by atoms with E-state index in [2.05, 4.69) is 38.8 Å². The summed E-state index contributed by atoms with van der Waals surface area (Å²) in [5, 5.41) is 15.5. The maximum atomic E-state index is 12.9. The molecule has 0 aromatic heterocycles. The first-order valence-electron chi connectivity index (χ1n) is 13.5. The van der Waals surface area contributed by atoms with Crippen molar-refractivity contribution in [2.24, 2.45) is 0 Å². The van der Waals surface area contributed by atoms with Gasteiger partial charge in [0.1, 0.15) is 12.1 Å². The van der Waals surface area contributed by atoms with Gasteiger partial charge < -0.3 is 31.9 Å². The van der Waals surface area contributed by atoms with E-state index in [1.54, 1.807) is 12.1 Å². The molecule has 1 aliphatic heterocycles. The fourth-order valence-corrected chi connectivity index (χ4v) is 3.96. The summed E-state index contributed by atoms with van der Waals surface area (Å²) in [4.78, 5) is 75.1. The van der Waals surface area contributed by atoms with E-state index in [-0.39, 0.29) is 57.1 Å². The summed E-state index contributed by atoms with van der Waals surface area (Å²) in [6.07, 6.45) is 4.06. The maximum absolute atomic E-state index is 12.9. The van der Waals surface area contributed by atoms with E-state index < -0.39 is 42.3 Å². The van der Waals surface area contributed by atoms with Crippen molar-refractivity contribution in [1.29, 1.82) is 0 Å². The highest BCUT2D eigenvalue weighted by molar-refractivity contribution is 5.93. The van der Waals surface area contributed by atoms with E-state index in [1.165, 1.54) is 0 Å².